The normalized spacial score (nSPS) is 15.6. The second kappa shape index (κ2) is 9.27. The van der Waals surface area contributed by atoms with Crippen LogP contribution < -0.4 is 10.6 Å². The number of anilines is 2. The topological polar surface area (TPSA) is 58.2 Å². The van der Waals surface area contributed by atoms with Crippen molar-refractivity contribution in [1.29, 1.82) is 0 Å². The quantitative estimate of drug-likeness (QED) is 0.411. The summed E-state index contributed by atoms with van der Waals surface area (Å²) in [6, 6.07) is 12.3. The van der Waals surface area contributed by atoms with E-state index in [1.54, 1.807) is 24.3 Å². The first-order chi connectivity index (χ1) is 15.6. The van der Waals surface area contributed by atoms with Gasteiger partial charge >= 0.3 is 0 Å². The van der Waals surface area contributed by atoms with Gasteiger partial charge in [-0.15, -0.1) is 11.3 Å². The van der Waals surface area contributed by atoms with Crippen LogP contribution in [0.4, 0.5) is 15.1 Å². The lowest BCUT2D eigenvalue weighted by Crippen LogP contribution is -2.27. The van der Waals surface area contributed by atoms with Gasteiger partial charge in [0.15, 0.2) is 0 Å². The molecule has 0 saturated heterocycles. The molecule has 0 bridgehead atoms. The number of carbonyl (C=O) groups excluding carboxylic acids is 2. The van der Waals surface area contributed by atoms with E-state index in [1.165, 1.54) is 35.6 Å². The summed E-state index contributed by atoms with van der Waals surface area (Å²) in [6.45, 7) is 6.71. The number of rotatable bonds is 4. The zero-order valence-electron chi connectivity index (χ0n) is 18.8. The number of hydrogen-bond acceptors (Lipinski definition) is 3. The summed E-state index contributed by atoms with van der Waals surface area (Å²) in [5.74, 6) is -0.550. The maximum atomic E-state index is 13.4. The standard InChI is InChI=1S/C26H26ClFN2O2S/c1-26(2,3)16-6-13-20-21(14-16)33-25(30-23(31)15-4-9-18(28)10-5-15)22(20)24(32)29-19-11-7-17(27)8-12-19/h4-5,7-12,16H,6,13-14H2,1-3H3,(H,29,32)(H,30,31)/t16-/m0/s1. The molecule has 4 nitrogen and oxygen atoms in total. The minimum Gasteiger partial charge on any atom is -0.322 e. The Morgan fingerprint density at radius 3 is 2.30 bits per heavy atom. The predicted octanol–water partition coefficient (Wildman–Crippen LogP) is 7.20. The van der Waals surface area contributed by atoms with Gasteiger partial charge in [0.1, 0.15) is 10.8 Å². The van der Waals surface area contributed by atoms with Crippen molar-refractivity contribution in [3.63, 3.8) is 0 Å². The number of nitrogens with one attached hydrogen (secondary N) is 2. The Balaban J connectivity index is 1.67. The molecule has 4 rings (SSSR count). The maximum absolute atomic E-state index is 13.4. The molecule has 1 atom stereocenters. The van der Waals surface area contributed by atoms with Gasteiger partial charge in [0, 0.05) is 21.2 Å². The fourth-order valence-corrected chi connectivity index (χ4v) is 5.60. The Bertz CT molecular complexity index is 1180. The highest BCUT2D eigenvalue weighted by molar-refractivity contribution is 7.17. The molecule has 0 unspecified atom stereocenters. The lowest BCUT2D eigenvalue weighted by molar-refractivity contribution is 0.102. The molecular weight excluding hydrogens is 459 g/mol. The van der Waals surface area contributed by atoms with Crippen molar-refractivity contribution in [3.05, 3.63) is 80.9 Å². The molecule has 3 aromatic rings. The summed E-state index contributed by atoms with van der Waals surface area (Å²) in [5, 5.41) is 6.95. The van der Waals surface area contributed by atoms with E-state index in [0.717, 1.165) is 29.7 Å². The van der Waals surface area contributed by atoms with Gasteiger partial charge in [-0.1, -0.05) is 32.4 Å². The number of carbonyl (C=O) groups is 2. The van der Waals surface area contributed by atoms with Crippen molar-refractivity contribution in [1.82, 2.24) is 0 Å². The van der Waals surface area contributed by atoms with Crippen LogP contribution in [0.5, 0.6) is 0 Å². The number of hydrogen-bond donors (Lipinski definition) is 2. The third-order valence-corrected chi connectivity index (χ3v) is 7.57. The number of halogens is 2. The van der Waals surface area contributed by atoms with E-state index in [4.69, 9.17) is 11.6 Å². The first-order valence-electron chi connectivity index (χ1n) is 10.9. The summed E-state index contributed by atoms with van der Waals surface area (Å²) >= 11 is 7.42. The fraction of sp³-hybridized carbons (Fsp3) is 0.308. The molecule has 7 heteroatoms. The van der Waals surface area contributed by atoms with Crippen LogP contribution in [-0.4, -0.2) is 11.8 Å². The smallest absolute Gasteiger partial charge is 0.258 e. The van der Waals surface area contributed by atoms with E-state index in [0.29, 0.717) is 32.8 Å². The number of benzene rings is 2. The molecule has 0 spiro atoms. The van der Waals surface area contributed by atoms with Crippen LogP contribution in [0.15, 0.2) is 48.5 Å². The zero-order chi connectivity index (χ0) is 23.8. The molecule has 1 aromatic heterocycles. The molecular formula is C26H26ClFN2O2S. The van der Waals surface area contributed by atoms with E-state index >= 15 is 0 Å². The maximum Gasteiger partial charge on any atom is 0.258 e. The van der Waals surface area contributed by atoms with Crippen LogP contribution in [0, 0.1) is 17.2 Å². The zero-order valence-corrected chi connectivity index (χ0v) is 20.4. The van der Waals surface area contributed by atoms with Gasteiger partial charge in [0.25, 0.3) is 11.8 Å². The highest BCUT2D eigenvalue weighted by atomic mass is 35.5. The Morgan fingerprint density at radius 2 is 1.67 bits per heavy atom. The van der Waals surface area contributed by atoms with Crippen molar-refractivity contribution >= 4 is 45.4 Å². The Hall–Kier alpha value is -2.70. The van der Waals surface area contributed by atoms with Crippen LogP contribution in [0.3, 0.4) is 0 Å². The lowest BCUT2D eigenvalue weighted by Gasteiger charge is -2.33. The highest BCUT2D eigenvalue weighted by Gasteiger charge is 2.34. The van der Waals surface area contributed by atoms with Crippen molar-refractivity contribution in [2.75, 3.05) is 10.6 Å². The van der Waals surface area contributed by atoms with E-state index in [-0.39, 0.29) is 17.2 Å². The monoisotopic (exact) mass is 484 g/mol. The Kier molecular flexibility index (Phi) is 6.59. The highest BCUT2D eigenvalue weighted by Crippen LogP contribution is 2.44. The van der Waals surface area contributed by atoms with Crippen LogP contribution in [0.1, 0.15) is 58.3 Å². The molecule has 172 valence electrons. The number of thiophene rings is 1. The molecule has 0 radical (unpaired) electrons. The summed E-state index contributed by atoms with van der Waals surface area (Å²) in [5.41, 5.74) is 2.63. The van der Waals surface area contributed by atoms with Gasteiger partial charge in [-0.25, -0.2) is 4.39 Å². The second-order valence-corrected chi connectivity index (χ2v) is 11.0. The average molecular weight is 485 g/mol. The third kappa shape index (κ3) is 5.28. The minimum absolute atomic E-state index is 0.158. The molecule has 2 amide bonds. The Labute approximate surface area is 202 Å². The van der Waals surface area contributed by atoms with E-state index in [2.05, 4.69) is 31.4 Å². The molecule has 1 aliphatic rings. The van der Waals surface area contributed by atoms with Gasteiger partial charge in [0.05, 0.1) is 5.56 Å². The van der Waals surface area contributed by atoms with Gasteiger partial charge < -0.3 is 10.6 Å². The average Bonchev–Trinajstić information content (AvgIpc) is 3.12. The van der Waals surface area contributed by atoms with E-state index in [1.807, 2.05) is 0 Å². The second-order valence-electron chi connectivity index (χ2n) is 9.44. The first-order valence-corrected chi connectivity index (χ1v) is 12.1. The number of amides is 2. The van der Waals surface area contributed by atoms with Crippen molar-refractivity contribution < 1.29 is 14.0 Å². The van der Waals surface area contributed by atoms with Crippen LogP contribution in [0.25, 0.3) is 0 Å². The molecule has 2 N–H and O–H groups in total. The fourth-order valence-electron chi connectivity index (χ4n) is 4.16. The van der Waals surface area contributed by atoms with Gasteiger partial charge in [0.2, 0.25) is 0 Å². The summed E-state index contributed by atoms with van der Waals surface area (Å²) < 4.78 is 13.3. The van der Waals surface area contributed by atoms with Crippen molar-refractivity contribution in [2.24, 2.45) is 11.3 Å². The summed E-state index contributed by atoms with van der Waals surface area (Å²) in [7, 11) is 0. The van der Waals surface area contributed by atoms with Gasteiger partial charge in [-0.05, 0) is 84.7 Å². The molecule has 1 heterocycles. The molecule has 2 aromatic carbocycles. The largest absolute Gasteiger partial charge is 0.322 e. The molecule has 1 aliphatic carbocycles. The van der Waals surface area contributed by atoms with Crippen LogP contribution in [-0.2, 0) is 12.8 Å². The molecule has 33 heavy (non-hydrogen) atoms. The number of fused-ring (bicyclic) bond motifs is 1. The van der Waals surface area contributed by atoms with E-state index < -0.39 is 5.82 Å². The van der Waals surface area contributed by atoms with Crippen molar-refractivity contribution in [2.45, 2.75) is 40.0 Å². The van der Waals surface area contributed by atoms with Gasteiger partial charge in [-0.3, -0.25) is 9.59 Å². The third-order valence-electron chi connectivity index (χ3n) is 6.15. The molecule has 0 fully saturated rings. The predicted molar refractivity (Wildman–Crippen MR) is 133 cm³/mol. The first kappa shape index (κ1) is 23.5. The minimum atomic E-state index is -0.408. The lowest BCUT2D eigenvalue weighted by atomic mass is 9.72. The van der Waals surface area contributed by atoms with Crippen LogP contribution >= 0.6 is 22.9 Å². The van der Waals surface area contributed by atoms with E-state index in [9.17, 15) is 14.0 Å². The molecule has 0 aliphatic heterocycles. The Morgan fingerprint density at radius 1 is 1.00 bits per heavy atom. The SMILES string of the molecule is CC(C)(C)[C@H]1CCc2c(sc(NC(=O)c3ccc(F)cc3)c2C(=O)Nc2ccc(Cl)cc2)C1. The summed E-state index contributed by atoms with van der Waals surface area (Å²) in [6.07, 6.45) is 2.64. The van der Waals surface area contributed by atoms with Crippen molar-refractivity contribution in [3.8, 4) is 0 Å². The summed E-state index contributed by atoms with van der Waals surface area (Å²) in [4.78, 5) is 27.4. The van der Waals surface area contributed by atoms with Crippen LogP contribution in [0.2, 0.25) is 5.02 Å². The van der Waals surface area contributed by atoms with Gasteiger partial charge in [-0.2, -0.15) is 0 Å². The molecule has 0 saturated carbocycles.